The van der Waals surface area contributed by atoms with Gasteiger partial charge in [0.05, 0.1) is 0 Å². The van der Waals surface area contributed by atoms with Crippen molar-refractivity contribution in [2.75, 3.05) is 11.9 Å². The molecule has 1 rings (SSSR count). The second kappa shape index (κ2) is 3.62. The minimum absolute atomic E-state index is 0.0584. The van der Waals surface area contributed by atoms with Crippen molar-refractivity contribution in [3.05, 3.63) is 20.8 Å². The van der Waals surface area contributed by atoms with Crippen molar-refractivity contribution in [3.8, 4) is 0 Å². The van der Waals surface area contributed by atoms with E-state index in [9.17, 15) is 9.59 Å². The van der Waals surface area contributed by atoms with Crippen LogP contribution in [0.25, 0.3) is 0 Å². The largest absolute Gasteiger partial charge is 0.362 e. The molecule has 0 bridgehead atoms. The number of rotatable bonds is 3. The molecule has 1 heterocycles. The maximum atomic E-state index is 11.1. The molecule has 0 atom stereocenters. The van der Waals surface area contributed by atoms with E-state index in [1.54, 1.807) is 13.8 Å². The number of nitrogens with one attached hydrogen (secondary N) is 3. The first-order chi connectivity index (χ1) is 6.38. The van der Waals surface area contributed by atoms with Gasteiger partial charge in [0.1, 0.15) is 0 Å². The Labute approximate surface area is 79.7 Å². The molecule has 5 N–H and O–H groups in total. The van der Waals surface area contributed by atoms with Crippen LogP contribution < -0.4 is 22.3 Å². The summed E-state index contributed by atoms with van der Waals surface area (Å²) in [7, 11) is 0. The molecule has 0 aliphatic carbocycles. The molecule has 0 aliphatic heterocycles. The smallest absolute Gasteiger partial charge is 0.342 e. The summed E-state index contributed by atoms with van der Waals surface area (Å²) in [6.45, 7) is 3.99. The van der Waals surface area contributed by atoms with Crippen molar-refractivity contribution < 1.29 is 0 Å². The van der Waals surface area contributed by atoms with Crippen LogP contribution in [0.5, 0.6) is 0 Å². The van der Waals surface area contributed by atoms with E-state index in [1.165, 1.54) is 0 Å². The number of anilines is 1. The molecule has 7 heteroatoms. The summed E-state index contributed by atoms with van der Waals surface area (Å²) in [6.07, 6.45) is 0. The number of H-pyrrole nitrogens is 2. The lowest BCUT2D eigenvalue weighted by Crippen LogP contribution is -2.41. The first kappa shape index (κ1) is 10.5. The van der Waals surface area contributed by atoms with Crippen molar-refractivity contribution in [1.82, 2.24) is 15.2 Å². The van der Waals surface area contributed by atoms with Crippen LogP contribution in [0.3, 0.4) is 0 Å². The number of hydrogen-bond acceptors (Lipinski definition) is 5. The quantitative estimate of drug-likeness (QED) is 0.478. The van der Waals surface area contributed by atoms with Gasteiger partial charge in [0.15, 0.2) is 0 Å². The Morgan fingerprint density at radius 1 is 1.50 bits per heavy atom. The van der Waals surface area contributed by atoms with Crippen LogP contribution in [0.2, 0.25) is 0 Å². The number of aromatic amines is 2. The van der Waals surface area contributed by atoms with E-state index < -0.39 is 16.8 Å². The molecule has 0 fully saturated rings. The Balaban J connectivity index is 2.79. The zero-order valence-corrected chi connectivity index (χ0v) is 8.05. The summed E-state index contributed by atoms with van der Waals surface area (Å²) in [5.74, 6) is 0.0584. The molecule has 0 unspecified atom stereocenters. The van der Waals surface area contributed by atoms with Crippen molar-refractivity contribution in [2.45, 2.75) is 19.4 Å². The van der Waals surface area contributed by atoms with Crippen molar-refractivity contribution in [2.24, 2.45) is 5.73 Å². The highest BCUT2D eigenvalue weighted by Crippen LogP contribution is 1.96. The highest BCUT2D eigenvalue weighted by atomic mass is 16.2. The zero-order chi connectivity index (χ0) is 10.8. The van der Waals surface area contributed by atoms with Crippen molar-refractivity contribution in [1.29, 1.82) is 0 Å². The van der Waals surface area contributed by atoms with Crippen molar-refractivity contribution in [3.63, 3.8) is 0 Å². The standard InChI is InChI=1S/C7H13N5O2/c1-7(2,8)3-9-4-5(13)10-6(14)12-11-4/h3,8H2,1-2H3,(H,9,11)(H2,10,12,13,14). The first-order valence-electron chi connectivity index (χ1n) is 4.10. The minimum atomic E-state index is -0.632. The molecule has 7 nitrogen and oxygen atoms in total. The number of nitrogens with zero attached hydrogens (tertiary/aromatic N) is 1. The summed E-state index contributed by atoms with van der Waals surface area (Å²) in [6, 6.07) is 0. The van der Waals surface area contributed by atoms with Crippen LogP contribution in [0.15, 0.2) is 9.59 Å². The van der Waals surface area contributed by atoms with Gasteiger partial charge in [-0.05, 0) is 13.8 Å². The molecule has 14 heavy (non-hydrogen) atoms. The van der Waals surface area contributed by atoms with Crippen LogP contribution >= 0.6 is 0 Å². The van der Waals surface area contributed by atoms with Crippen LogP contribution in [0.4, 0.5) is 5.82 Å². The van der Waals surface area contributed by atoms with Gasteiger partial charge in [-0.25, -0.2) is 9.89 Å². The average Bonchev–Trinajstić information content (AvgIpc) is 2.00. The van der Waals surface area contributed by atoms with Crippen molar-refractivity contribution >= 4 is 5.82 Å². The summed E-state index contributed by atoms with van der Waals surface area (Å²) >= 11 is 0. The second-order valence-electron chi connectivity index (χ2n) is 3.70. The first-order valence-corrected chi connectivity index (χ1v) is 4.10. The van der Waals surface area contributed by atoms with Gasteiger partial charge in [0, 0.05) is 12.1 Å². The Morgan fingerprint density at radius 2 is 2.14 bits per heavy atom. The maximum Gasteiger partial charge on any atom is 0.342 e. The Hall–Kier alpha value is -1.63. The average molecular weight is 199 g/mol. The van der Waals surface area contributed by atoms with Gasteiger partial charge >= 0.3 is 5.69 Å². The number of hydrogen-bond donors (Lipinski definition) is 4. The summed E-state index contributed by atoms with van der Waals surface area (Å²) < 4.78 is 0. The lowest BCUT2D eigenvalue weighted by Gasteiger charge is -2.18. The van der Waals surface area contributed by atoms with Crippen LogP contribution in [-0.4, -0.2) is 27.3 Å². The monoisotopic (exact) mass is 199 g/mol. The Kier molecular flexibility index (Phi) is 2.70. The van der Waals surface area contributed by atoms with Gasteiger partial charge in [-0.3, -0.25) is 9.78 Å². The van der Waals surface area contributed by atoms with Gasteiger partial charge in [-0.2, -0.15) is 0 Å². The minimum Gasteiger partial charge on any atom is -0.362 e. The van der Waals surface area contributed by atoms with Gasteiger partial charge in [-0.15, -0.1) is 5.10 Å². The fourth-order valence-corrected chi connectivity index (χ4v) is 0.779. The second-order valence-corrected chi connectivity index (χ2v) is 3.70. The van der Waals surface area contributed by atoms with E-state index in [4.69, 9.17) is 5.73 Å². The molecule has 0 radical (unpaired) electrons. The molecule has 78 valence electrons. The Morgan fingerprint density at radius 3 is 2.64 bits per heavy atom. The predicted octanol–water partition coefficient (Wildman–Crippen LogP) is -1.39. The molecule has 0 aliphatic rings. The van der Waals surface area contributed by atoms with Gasteiger partial charge < -0.3 is 11.1 Å². The summed E-state index contributed by atoms with van der Waals surface area (Å²) in [4.78, 5) is 23.8. The summed E-state index contributed by atoms with van der Waals surface area (Å²) in [5, 5.41) is 8.38. The van der Waals surface area contributed by atoms with E-state index in [2.05, 4.69) is 15.5 Å². The highest BCUT2D eigenvalue weighted by Gasteiger charge is 2.11. The van der Waals surface area contributed by atoms with E-state index in [-0.39, 0.29) is 5.82 Å². The lowest BCUT2D eigenvalue weighted by molar-refractivity contribution is 0.547. The van der Waals surface area contributed by atoms with Crippen LogP contribution in [0, 0.1) is 0 Å². The predicted molar refractivity (Wildman–Crippen MR) is 52.2 cm³/mol. The molecular weight excluding hydrogens is 186 g/mol. The fraction of sp³-hybridized carbons (Fsp3) is 0.571. The Bertz CT molecular complexity index is 413. The van der Waals surface area contributed by atoms with Crippen LogP contribution in [-0.2, 0) is 0 Å². The molecule has 1 aromatic rings. The van der Waals surface area contributed by atoms with Gasteiger partial charge in [0.2, 0.25) is 5.82 Å². The van der Waals surface area contributed by atoms with E-state index in [0.717, 1.165) is 0 Å². The fourth-order valence-electron chi connectivity index (χ4n) is 0.779. The molecule has 0 aromatic carbocycles. The van der Waals surface area contributed by atoms with Crippen LogP contribution in [0.1, 0.15) is 13.8 Å². The van der Waals surface area contributed by atoms with Gasteiger partial charge in [0.25, 0.3) is 5.56 Å². The number of nitrogens with two attached hydrogens (primary N) is 1. The van der Waals surface area contributed by atoms with E-state index >= 15 is 0 Å². The molecule has 0 spiro atoms. The topological polar surface area (TPSA) is 117 Å². The SMILES string of the molecule is CC(C)(N)CNc1n[nH]c(=O)[nH]c1=O. The normalized spacial score (nSPS) is 11.4. The lowest BCUT2D eigenvalue weighted by atomic mass is 10.1. The van der Waals surface area contributed by atoms with E-state index in [1.807, 2.05) is 4.98 Å². The molecule has 1 aromatic heterocycles. The maximum absolute atomic E-state index is 11.1. The zero-order valence-electron chi connectivity index (χ0n) is 8.05. The number of aromatic nitrogens is 3. The third kappa shape index (κ3) is 3.02. The third-order valence-corrected chi connectivity index (χ3v) is 1.42. The molecular formula is C7H13N5O2. The molecule has 0 amide bonds. The highest BCUT2D eigenvalue weighted by molar-refractivity contribution is 5.29. The summed E-state index contributed by atoms with van der Waals surface area (Å²) in [5.41, 5.74) is 4.05. The molecule has 0 saturated carbocycles. The third-order valence-electron chi connectivity index (χ3n) is 1.42. The molecule has 0 saturated heterocycles. The van der Waals surface area contributed by atoms with Gasteiger partial charge in [-0.1, -0.05) is 0 Å². The van der Waals surface area contributed by atoms with E-state index in [0.29, 0.717) is 6.54 Å².